The molecule has 0 radical (unpaired) electrons. The fourth-order valence-electron chi connectivity index (χ4n) is 2.07. The lowest BCUT2D eigenvalue weighted by Crippen LogP contribution is -2.06. The highest BCUT2D eigenvalue weighted by molar-refractivity contribution is 7.17. The quantitative estimate of drug-likeness (QED) is 0.781. The zero-order chi connectivity index (χ0) is 13.8. The molecule has 5 heteroatoms. The minimum atomic E-state index is 0.831. The van der Waals surface area contributed by atoms with E-state index in [1.165, 1.54) is 5.56 Å². The Kier molecular flexibility index (Phi) is 3.78. The van der Waals surface area contributed by atoms with E-state index >= 15 is 0 Å². The normalized spacial score (nSPS) is 10.7. The van der Waals surface area contributed by atoms with E-state index in [4.69, 9.17) is 4.74 Å². The summed E-state index contributed by atoms with van der Waals surface area (Å²) in [5.74, 6) is 1.80. The summed E-state index contributed by atoms with van der Waals surface area (Å²) in [6.45, 7) is 0.831. The van der Waals surface area contributed by atoms with Gasteiger partial charge in [0.1, 0.15) is 17.9 Å². The van der Waals surface area contributed by atoms with Crippen molar-refractivity contribution in [1.29, 1.82) is 0 Å². The van der Waals surface area contributed by atoms with Crippen LogP contribution in [0.2, 0.25) is 0 Å². The lowest BCUT2D eigenvalue weighted by molar-refractivity contribution is 0.414. The molecule has 0 atom stereocenters. The van der Waals surface area contributed by atoms with Crippen LogP contribution in [0.5, 0.6) is 5.75 Å². The van der Waals surface area contributed by atoms with E-state index in [2.05, 4.69) is 27.4 Å². The van der Waals surface area contributed by atoms with Gasteiger partial charge in [0.25, 0.3) is 0 Å². The minimum Gasteiger partial charge on any atom is -0.497 e. The number of benzene rings is 1. The van der Waals surface area contributed by atoms with Crippen molar-refractivity contribution in [2.75, 3.05) is 19.0 Å². The van der Waals surface area contributed by atoms with E-state index in [9.17, 15) is 0 Å². The first kappa shape index (κ1) is 12.9. The molecule has 1 aromatic carbocycles. The molecule has 0 aliphatic carbocycles. The number of anilines is 1. The Balaban J connectivity index is 1.66. The zero-order valence-corrected chi connectivity index (χ0v) is 12.0. The molecular formula is C15H15N3OS. The number of thiophene rings is 1. The number of hydrogen-bond acceptors (Lipinski definition) is 5. The van der Waals surface area contributed by atoms with E-state index in [1.807, 2.05) is 23.6 Å². The van der Waals surface area contributed by atoms with Gasteiger partial charge in [-0.05, 0) is 35.6 Å². The van der Waals surface area contributed by atoms with Gasteiger partial charge in [0.15, 0.2) is 0 Å². The topological polar surface area (TPSA) is 47.0 Å². The molecule has 0 unspecified atom stereocenters. The first-order chi connectivity index (χ1) is 9.86. The molecule has 0 spiro atoms. The van der Waals surface area contributed by atoms with Crippen molar-refractivity contribution >= 4 is 27.4 Å². The average Bonchev–Trinajstić information content (AvgIpc) is 2.97. The van der Waals surface area contributed by atoms with Crippen molar-refractivity contribution in [3.05, 3.63) is 47.6 Å². The smallest absolute Gasteiger partial charge is 0.147 e. The predicted octanol–water partition coefficient (Wildman–Crippen LogP) is 3.35. The molecule has 0 aliphatic rings. The van der Waals surface area contributed by atoms with Crippen LogP contribution >= 0.6 is 11.3 Å². The lowest BCUT2D eigenvalue weighted by atomic mass is 10.1. The van der Waals surface area contributed by atoms with Gasteiger partial charge in [-0.1, -0.05) is 12.1 Å². The number of ether oxygens (including phenoxy) is 1. The summed E-state index contributed by atoms with van der Waals surface area (Å²) in [6, 6.07) is 10.1. The Hall–Kier alpha value is -2.14. The molecule has 4 nitrogen and oxygen atoms in total. The van der Waals surface area contributed by atoms with Gasteiger partial charge < -0.3 is 10.1 Å². The number of rotatable bonds is 5. The largest absolute Gasteiger partial charge is 0.497 e. The van der Waals surface area contributed by atoms with Crippen LogP contribution in [0.3, 0.4) is 0 Å². The molecule has 20 heavy (non-hydrogen) atoms. The average molecular weight is 285 g/mol. The summed E-state index contributed by atoms with van der Waals surface area (Å²) >= 11 is 1.66. The predicted molar refractivity (Wildman–Crippen MR) is 82.6 cm³/mol. The Morgan fingerprint density at radius 2 is 2.20 bits per heavy atom. The van der Waals surface area contributed by atoms with Gasteiger partial charge in [0.2, 0.25) is 0 Å². The van der Waals surface area contributed by atoms with E-state index in [0.717, 1.165) is 34.7 Å². The third-order valence-corrected chi connectivity index (χ3v) is 3.99. The van der Waals surface area contributed by atoms with Gasteiger partial charge in [0.05, 0.1) is 17.3 Å². The molecule has 0 fully saturated rings. The summed E-state index contributed by atoms with van der Waals surface area (Å²) in [6.07, 6.45) is 2.52. The van der Waals surface area contributed by atoms with E-state index in [0.29, 0.717) is 0 Å². The van der Waals surface area contributed by atoms with Crippen molar-refractivity contribution in [1.82, 2.24) is 9.97 Å². The van der Waals surface area contributed by atoms with Crippen LogP contribution in [-0.4, -0.2) is 23.6 Å². The van der Waals surface area contributed by atoms with Crippen LogP contribution in [0, 0.1) is 0 Å². The summed E-state index contributed by atoms with van der Waals surface area (Å²) in [5, 5.41) is 5.41. The number of aromatic nitrogens is 2. The minimum absolute atomic E-state index is 0.831. The van der Waals surface area contributed by atoms with Gasteiger partial charge in [-0.3, -0.25) is 0 Å². The standard InChI is InChI=1S/C15H15N3OS/c1-19-12-4-2-3-11(9-12)5-7-16-15-14-13(6-8-20-14)17-10-18-15/h2-4,6,8-10H,5,7H2,1H3,(H,16,17,18). The molecular weight excluding hydrogens is 270 g/mol. The van der Waals surface area contributed by atoms with E-state index < -0.39 is 0 Å². The second-order valence-electron chi connectivity index (χ2n) is 4.39. The maximum atomic E-state index is 5.23. The van der Waals surface area contributed by atoms with Crippen LogP contribution < -0.4 is 10.1 Å². The maximum Gasteiger partial charge on any atom is 0.147 e. The molecule has 2 heterocycles. The summed E-state index contributed by atoms with van der Waals surface area (Å²) in [4.78, 5) is 8.54. The third kappa shape index (κ3) is 2.72. The monoisotopic (exact) mass is 285 g/mol. The highest BCUT2D eigenvalue weighted by Gasteiger charge is 2.04. The van der Waals surface area contributed by atoms with Crippen molar-refractivity contribution in [2.24, 2.45) is 0 Å². The highest BCUT2D eigenvalue weighted by atomic mass is 32.1. The van der Waals surface area contributed by atoms with Gasteiger partial charge in [0, 0.05) is 6.54 Å². The fourth-order valence-corrected chi connectivity index (χ4v) is 2.88. The van der Waals surface area contributed by atoms with Crippen molar-refractivity contribution in [3.8, 4) is 5.75 Å². The zero-order valence-electron chi connectivity index (χ0n) is 11.2. The van der Waals surface area contributed by atoms with E-state index in [1.54, 1.807) is 24.8 Å². The summed E-state index contributed by atoms with van der Waals surface area (Å²) in [5.41, 5.74) is 2.24. The SMILES string of the molecule is COc1cccc(CCNc2ncnc3ccsc23)c1. The second-order valence-corrected chi connectivity index (χ2v) is 5.30. The van der Waals surface area contributed by atoms with Gasteiger partial charge in [-0.25, -0.2) is 9.97 Å². The summed E-state index contributed by atoms with van der Waals surface area (Å²) < 4.78 is 6.34. The first-order valence-electron chi connectivity index (χ1n) is 6.42. The van der Waals surface area contributed by atoms with Crippen LogP contribution in [-0.2, 0) is 6.42 Å². The molecule has 0 aliphatic heterocycles. The van der Waals surface area contributed by atoms with Crippen LogP contribution in [0.15, 0.2) is 42.0 Å². The second kappa shape index (κ2) is 5.88. The molecule has 0 amide bonds. The van der Waals surface area contributed by atoms with Gasteiger partial charge in [-0.2, -0.15) is 0 Å². The Bertz CT molecular complexity index is 711. The third-order valence-electron chi connectivity index (χ3n) is 3.08. The first-order valence-corrected chi connectivity index (χ1v) is 7.30. The molecule has 2 aromatic heterocycles. The number of fused-ring (bicyclic) bond motifs is 1. The Morgan fingerprint density at radius 3 is 3.10 bits per heavy atom. The maximum absolute atomic E-state index is 5.23. The van der Waals surface area contributed by atoms with Crippen molar-refractivity contribution in [3.63, 3.8) is 0 Å². The van der Waals surface area contributed by atoms with Crippen LogP contribution in [0.4, 0.5) is 5.82 Å². The highest BCUT2D eigenvalue weighted by Crippen LogP contribution is 2.24. The molecule has 1 N–H and O–H groups in total. The Morgan fingerprint density at radius 1 is 1.25 bits per heavy atom. The van der Waals surface area contributed by atoms with Gasteiger partial charge in [-0.15, -0.1) is 11.3 Å². The summed E-state index contributed by atoms with van der Waals surface area (Å²) in [7, 11) is 1.69. The van der Waals surface area contributed by atoms with Crippen LogP contribution in [0.1, 0.15) is 5.56 Å². The van der Waals surface area contributed by atoms with Crippen molar-refractivity contribution < 1.29 is 4.74 Å². The number of nitrogens with one attached hydrogen (secondary N) is 1. The Labute approximate surface area is 121 Å². The molecule has 3 aromatic rings. The van der Waals surface area contributed by atoms with Gasteiger partial charge >= 0.3 is 0 Å². The molecule has 0 saturated heterocycles. The number of hydrogen-bond donors (Lipinski definition) is 1. The molecule has 102 valence electrons. The molecule has 0 bridgehead atoms. The lowest BCUT2D eigenvalue weighted by Gasteiger charge is -2.07. The molecule has 0 saturated carbocycles. The number of methoxy groups -OCH3 is 1. The van der Waals surface area contributed by atoms with E-state index in [-0.39, 0.29) is 0 Å². The van der Waals surface area contributed by atoms with Crippen LogP contribution in [0.25, 0.3) is 10.2 Å². The van der Waals surface area contributed by atoms with Crippen molar-refractivity contribution in [2.45, 2.75) is 6.42 Å². The fraction of sp³-hybridized carbons (Fsp3) is 0.200. The molecule has 3 rings (SSSR count). The number of nitrogens with zero attached hydrogens (tertiary/aromatic N) is 2.